The predicted molar refractivity (Wildman–Crippen MR) is 102 cm³/mol. The molecule has 28 heavy (non-hydrogen) atoms. The summed E-state index contributed by atoms with van der Waals surface area (Å²) in [7, 11) is 0. The van der Waals surface area contributed by atoms with E-state index in [0.29, 0.717) is 6.54 Å². The summed E-state index contributed by atoms with van der Waals surface area (Å²) in [5, 5.41) is 5.24. The van der Waals surface area contributed by atoms with Gasteiger partial charge in [-0.1, -0.05) is 17.7 Å². The molecule has 1 heterocycles. The van der Waals surface area contributed by atoms with E-state index in [1.807, 2.05) is 0 Å². The Hall–Kier alpha value is -3.09. The van der Waals surface area contributed by atoms with Crippen molar-refractivity contribution in [3.63, 3.8) is 0 Å². The van der Waals surface area contributed by atoms with Gasteiger partial charge >= 0.3 is 0 Å². The van der Waals surface area contributed by atoms with Gasteiger partial charge in [0.15, 0.2) is 11.6 Å². The lowest BCUT2D eigenvalue weighted by atomic mass is 9.97. The van der Waals surface area contributed by atoms with Gasteiger partial charge in [0.05, 0.1) is 0 Å². The third kappa shape index (κ3) is 5.22. The molecule has 2 amide bonds. The smallest absolute Gasteiger partial charge is 0.274 e. The van der Waals surface area contributed by atoms with Crippen molar-refractivity contribution in [1.29, 1.82) is 0 Å². The minimum Gasteiger partial charge on any atom is -0.350 e. The minimum absolute atomic E-state index is 0.00683. The average molecular weight is 385 g/mol. The number of aromatic nitrogens is 1. The molecule has 1 aromatic heterocycles. The van der Waals surface area contributed by atoms with Crippen LogP contribution in [0.1, 0.15) is 53.1 Å². The van der Waals surface area contributed by atoms with E-state index in [1.165, 1.54) is 36.6 Å². The van der Waals surface area contributed by atoms with Crippen molar-refractivity contribution in [2.45, 2.75) is 32.1 Å². The molecule has 2 N–H and O–H groups in total. The summed E-state index contributed by atoms with van der Waals surface area (Å²) in [4.78, 5) is 28.6. The van der Waals surface area contributed by atoms with E-state index in [4.69, 9.17) is 0 Å². The molecule has 5 nitrogen and oxygen atoms in total. The fraction of sp³-hybridized carbons (Fsp3) is 0.286. The van der Waals surface area contributed by atoms with E-state index in [1.54, 1.807) is 6.07 Å². The third-order valence-corrected chi connectivity index (χ3v) is 4.51. The minimum atomic E-state index is -1.06. The number of nitrogens with zero attached hydrogens (tertiary/aromatic N) is 1. The number of hydrogen-bond acceptors (Lipinski definition) is 3. The zero-order valence-electron chi connectivity index (χ0n) is 15.3. The Bertz CT molecular complexity index is 912. The van der Waals surface area contributed by atoms with Crippen LogP contribution in [0.25, 0.3) is 0 Å². The second-order valence-corrected chi connectivity index (χ2v) is 6.61. The molecule has 0 saturated heterocycles. The van der Waals surface area contributed by atoms with Gasteiger partial charge in [-0.15, -0.1) is 0 Å². The van der Waals surface area contributed by atoms with Crippen LogP contribution in [0.3, 0.4) is 0 Å². The molecule has 0 fully saturated rings. The molecule has 7 heteroatoms. The zero-order valence-corrected chi connectivity index (χ0v) is 15.3. The number of pyridine rings is 1. The van der Waals surface area contributed by atoms with Crippen LogP contribution in [0, 0.1) is 11.6 Å². The molecule has 0 spiro atoms. The molecule has 0 saturated carbocycles. The van der Waals surface area contributed by atoms with Gasteiger partial charge in [-0.05, 0) is 56.4 Å². The molecule has 146 valence electrons. The zero-order chi connectivity index (χ0) is 19.9. The fourth-order valence-electron chi connectivity index (χ4n) is 3.02. The van der Waals surface area contributed by atoms with Crippen molar-refractivity contribution in [2.24, 2.45) is 0 Å². The van der Waals surface area contributed by atoms with Crippen molar-refractivity contribution in [1.82, 2.24) is 10.3 Å². The Morgan fingerprint density at radius 3 is 2.50 bits per heavy atom. The molecule has 0 bridgehead atoms. The Labute approximate surface area is 161 Å². The standard InChI is InChI=1S/C21H21F2N3O2/c22-16-10-9-15(13-17(16)23)25-21(28)19-8-4-7-18(26-19)20(27)24-12-11-14-5-2-1-3-6-14/h4-5,7-10,13H,1-3,6,11-12H2,(H,24,27)(H,25,28). The number of amides is 2. The fourth-order valence-corrected chi connectivity index (χ4v) is 3.02. The molecule has 1 aliphatic carbocycles. The molecule has 1 aliphatic rings. The maximum atomic E-state index is 13.3. The summed E-state index contributed by atoms with van der Waals surface area (Å²) in [5.74, 6) is -3.04. The van der Waals surface area contributed by atoms with Gasteiger partial charge in [-0.3, -0.25) is 9.59 Å². The number of anilines is 1. The Morgan fingerprint density at radius 2 is 1.79 bits per heavy atom. The number of allylic oxidation sites excluding steroid dienone is 1. The van der Waals surface area contributed by atoms with Gasteiger partial charge in [-0.25, -0.2) is 13.8 Å². The summed E-state index contributed by atoms with van der Waals surface area (Å²) in [5.41, 5.74) is 1.59. The largest absolute Gasteiger partial charge is 0.350 e. The molecule has 3 rings (SSSR count). The van der Waals surface area contributed by atoms with Gasteiger partial charge in [-0.2, -0.15) is 0 Å². The van der Waals surface area contributed by atoms with E-state index in [2.05, 4.69) is 21.7 Å². The molecule has 2 aromatic rings. The maximum absolute atomic E-state index is 13.3. The van der Waals surface area contributed by atoms with Crippen LogP contribution in [0.2, 0.25) is 0 Å². The van der Waals surface area contributed by atoms with Gasteiger partial charge < -0.3 is 10.6 Å². The summed E-state index contributed by atoms with van der Waals surface area (Å²) in [6.07, 6.45) is 7.63. The highest BCUT2D eigenvalue weighted by molar-refractivity contribution is 6.03. The first-order valence-electron chi connectivity index (χ1n) is 9.22. The summed E-state index contributed by atoms with van der Waals surface area (Å²) in [6.45, 7) is 0.512. The number of nitrogens with one attached hydrogen (secondary N) is 2. The van der Waals surface area contributed by atoms with Crippen LogP contribution >= 0.6 is 0 Å². The first-order chi connectivity index (χ1) is 13.5. The predicted octanol–water partition coefficient (Wildman–Crippen LogP) is 4.23. The molecule has 0 aliphatic heterocycles. The topological polar surface area (TPSA) is 71.1 Å². The van der Waals surface area contributed by atoms with Crippen LogP contribution in [0.15, 0.2) is 48.0 Å². The van der Waals surface area contributed by atoms with E-state index < -0.39 is 17.5 Å². The van der Waals surface area contributed by atoms with Crippen LogP contribution < -0.4 is 10.6 Å². The number of benzene rings is 1. The van der Waals surface area contributed by atoms with Crippen molar-refractivity contribution in [3.05, 3.63) is 71.1 Å². The van der Waals surface area contributed by atoms with Crippen molar-refractivity contribution >= 4 is 17.5 Å². The lowest BCUT2D eigenvalue weighted by Gasteiger charge is -2.13. The van der Waals surface area contributed by atoms with E-state index in [0.717, 1.165) is 31.4 Å². The normalized spacial score (nSPS) is 13.6. The maximum Gasteiger partial charge on any atom is 0.274 e. The van der Waals surface area contributed by atoms with Gasteiger partial charge in [0, 0.05) is 18.3 Å². The highest BCUT2D eigenvalue weighted by Crippen LogP contribution is 2.19. The first kappa shape index (κ1) is 19.7. The number of carbonyl (C=O) groups excluding carboxylic acids is 2. The van der Waals surface area contributed by atoms with Crippen LogP contribution in [-0.2, 0) is 0 Å². The quantitative estimate of drug-likeness (QED) is 0.731. The molecule has 0 radical (unpaired) electrons. The van der Waals surface area contributed by atoms with Crippen molar-refractivity contribution in [2.75, 3.05) is 11.9 Å². The van der Waals surface area contributed by atoms with Crippen LogP contribution in [0.4, 0.5) is 14.5 Å². The second-order valence-electron chi connectivity index (χ2n) is 6.61. The molecule has 0 atom stereocenters. The highest BCUT2D eigenvalue weighted by atomic mass is 19.2. The molecule has 1 aromatic carbocycles. The van der Waals surface area contributed by atoms with E-state index in [9.17, 15) is 18.4 Å². The first-order valence-corrected chi connectivity index (χ1v) is 9.22. The summed E-state index contributed by atoms with van der Waals surface area (Å²) < 4.78 is 26.2. The van der Waals surface area contributed by atoms with Gasteiger partial charge in [0.2, 0.25) is 0 Å². The number of hydrogen-bond donors (Lipinski definition) is 2. The lowest BCUT2D eigenvalue weighted by Crippen LogP contribution is -2.26. The summed E-state index contributed by atoms with van der Waals surface area (Å²) in [6, 6.07) is 7.55. The number of halogens is 2. The second kappa shape index (κ2) is 9.21. The Kier molecular flexibility index (Phi) is 6.47. The number of rotatable bonds is 6. The van der Waals surface area contributed by atoms with Gasteiger partial charge in [0.1, 0.15) is 11.4 Å². The average Bonchev–Trinajstić information content (AvgIpc) is 2.71. The van der Waals surface area contributed by atoms with Crippen LogP contribution in [-0.4, -0.2) is 23.3 Å². The Morgan fingerprint density at radius 1 is 1.00 bits per heavy atom. The number of carbonyl (C=O) groups is 2. The molecular formula is C21H21F2N3O2. The van der Waals surface area contributed by atoms with Crippen molar-refractivity contribution in [3.8, 4) is 0 Å². The van der Waals surface area contributed by atoms with E-state index >= 15 is 0 Å². The van der Waals surface area contributed by atoms with E-state index in [-0.39, 0.29) is 23.0 Å². The summed E-state index contributed by atoms with van der Waals surface area (Å²) >= 11 is 0. The third-order valence-electron chi connectivity index (χ3n) is 4.51. The van der Waals surface area contributed by atoms with Crippen molar-refractivity contribution < 1.29 is 18.4 Å². The highest BCUT2D eigenvalue weighted by Gasteiger charge is 2.14. The lowest BCUT2D eigenvalue weighted by molar-refractivity contribution is 0.0949. The monoisotopic (exact) mass is 385 g/mol. The van der Waals surface area contributed by atoms with Gasteiger partial charge in [0.25, 0.3) is 11.8 Å². The SMILES string of the molecule is O=C(NCCC1=CCCCC1)c1cccc(C(=O)Nc2ccc(F)c(F)c2)n1. The molecular weight excluding hydrogens is 364 g/mol. The Balaban J connectivity index is 1.59. The van der Waals surface area contributed by atoms with Crippen LogP contribution in [0.5, 0.6) is 0 Å². The molecule has 0 unspecified atom stereocenters.